The number of aromatic nitrogens is 3. The van der Waals surface area contributed by atoms with Crippen molar-refractivity contribution in [2.45, 2.75) is 19.6 Å². The third-order valence-corrected chi connectivity index (χ3v) is 3.15. The molecule has 1 amide bonds. The number of nitrogens with one attached hydrogen (secondary N) is 2. The van der Waals surface area contributed by atoms with Gasteiger partial charge in [-0.15, -0.1) is 11.3 Å². The molecule has 0 atom stereocenters. The Morgan fingerprint density at radius 1 is 1.53 bits per heavy atom. The highest BCUT2D eigenvalue weighted by Crippen LogP contribution is 2.27. The van der Waals surface area contributed by atoms with Crippen molar-refractivity contribution >= 4 is 17.2 Å². The Morgan fingerprint density at radius 3 is 2.79 bits per heavy atom. The number of aryl methyl sites for hydroxylation is 1. The van der Waals surface area contributed by atoms with Gasteiger partial charge in [0.1, 0.15) is 10.7 Å². The first-order chi connectivity index (χ1) is 8.86. The Morgan fingerprint density at radius 2 is 2.26 bits per heavy atom. The summed E-state index contributed by atoms with van der Waals surface area (Å²) < 4.78 is 36.9. The molecule has 2 N–H and O–H groups in total. The largest absolute Gasteiger partial charge is 0.432 e. The van der Waals surface area contributed by atoms with E-state index in [4.69, 9.17) is 0 Å². The Hall–Kier alpha value is -1.90. The van der Waals surface area contributed by atoms with Gasteiger partial charge in [0.15, 0.2) is 5.69 Å². The zero-order valence-electron chi connectivity index (χ0n) is 9.71. The van der Waals surface area contributed by atoms with Crippen LogP contribution in [-0.4, -0.2) is 21.1 Å². The number of aromatic amines is 1. The van der Waals surface area contributed by atoms with E-state index in [0.717, 1.165) is 5.69 Å². The molecule has 0 spiro atoms. The standard InChI is InChI=1S/C10H9F3N4OS/c1-5-4-19-8(15-5)3-14-9(18)6-2-7(17-16-6)10(11,12)13/h2,4H,3H2,1H3,(H,14,18)(H,16,17). The molecule has 2 aromatic rings. The average molecular weight is 290 g/mol. The molecule has 9 heteroatoms. The summed E-state index contributed by atoms with van der Waals surface area (Å²) in [5.41, 5.74) is -0.531. The lowest BCUT2D eigenvalue weighted by molar-refractivity contribution is -0.141. The molecule has 2 aromatic heterocycles. The summed E-state index contributed by atoms with van der Waals surface area (Å²) in [6.07, 6.45) is -4.54. The number of nitrogens with zero attached hydrogens (tertiary/aromatic N) is 2. The van der Waals surface area contributed by atoms with Crippen molar-refractivity contribution in [2.75, 3.05) is 0 Å². The predicted molar refractivity (Wildman–Crippen MR) is 61.6 cm³/mol. The van der Waals surface area contributed by atoms with Gasteiger partial charge in [0.05, 0.1) is 6.54 Å². The second-order valence-corrected chi connectivity index (χ2v) is 4.67. The fourth-order valence-electron chi connectivity index (χ4n) is 1.31. The van der Waals surface area contributed by atoms with Crippen molar-refractivity contribution in [3.8, 4) is 0 Å². The van der Waals surface area contributed by atoms with Crippen LogP contribution in [0.4, 0.5) is 13.2 Å². The summed E-state index contributed by atoms with van der Waals surface area (Å²) in [5, 5.41) is 10.1. The molecule has 2 rings (SSSR count). The summed E-state index contributed by atoms with van der Waals surface area (Å²) in [6, 6.07) is 0.669. The van der Waals surface area contributed by atoms with Crippen LogP contribution >= 0.6 is 11.3 Å². The van der Waals surface area contributed by atoms with Crippen LogP contribution in [0.15, 0.2) is 11.4 Å². The van der Waals surface area contributed by atoms with Crippen molar-refractivity contribution < 1.29 is 18.0 Å². The number of carbonyl (C=O) groups excluding carboxylic acids is 1. The second kappa shape index (κ2) is 5.00. The van der Waals surface area contributed by atoms with Crippen molar-refractivity contribution in [1.82, 2.24) is 20.5 Å². The normalized spacial score (nSPS) is 11.6. The maximum absolute atomic E-state index is 12.3. The van der Waals surface area contributed by atoms with Gasteiger partial charge in [-0.3, -0.25) is 9.89 Å². The van der Waals surface area contributed by atoms with E-state index in [1.165, 1.54) is 11.3 Å². The maximum atomic E-state index is 12.3. The van der Waals surface area contributed by atoms with E-state index in [9.17, 15) is 18.0 Å². The molecule has 102 valence electrons. The first kappa shape index (κ1) is 13.5. The molecule has 0 saturated heterocycles. The van der Waals surface area contributed by atoms with Crippen molar-refractivity contribution in [2.24, 2.45) is 0 Å². The first-order valence-corrected chi connectivity index (χ1v) is 6.06. The van der Waals surface area contributed by atoms with Gasteiger partial charge < -0.3 is 5.32 Å². The number of carbonyl (C=O) groups is 1. The molecule has 0 aliphatic heterocycles. The van der Waals surface area contributed by atoms with E-state index in [-0.39, 0.29) is 12.2 Å². The predicted octanol–water partition coefficient (Wildman–Crippen LogP) is 2.12. The lowest BCUT2D eigenvalue weighted by atomic mass is 10.3. The van der Waals surface area contributed by atoms with Gasteiger partial charge >= 0.3 is 6.18 Å². The van der Waals surface area contributed by atoms with Crippen LogP contribution in [0.2, 0.25) is 0 Å². The molecule has 2 heterocycles. The summed E-state index contributed by atoms with van der Waals surface area (Å²) in [6.45, 7) is 1.97. The Balaban J connectivity index is 1.98. The van der Waals surface area contributed by atoms with Gasteiger partial charge in [-0.25, -0.2) is 4.98 Å². The molecule has 0 unspecified atom stereocenters. The van der Waals surface area contributed by atoms with Crippen LogP contribution in [0, 0.1) is 6.92 Å². The fraction of sp³-hybridized carbons (Fsp3) is 0.300. The molecule has 0 aliphatic rings. The van der Waals surface area contributed by atoms with Gasteiger partial charge in [-0.1, -0.05) is 0 Å². The molecular formula is C10H9F3N4OS. The van der Waals surface area contributed by atoms with Gasteiger partial charge in [0.2, 0.25) is 0 Å². The van der Waals surface area contributed by atoms with Crippen LogP contribution in [0.5, 0.6) is 0 Å². The molecule has 0 bridgehead atoms. The van der Waals surface area contributed by atoms with Crippen molar-refractivity contribution in [3.63, 3.8) is 0 Å². The van der Waals surface area contributed by atoms with E-state index in [1.54, 1.807) is 5.10 Å². The Kier molecular flexibility index (Phi) is 3.56. The van der Waals surface area contributed by atoms with Crippen molar-refractivity contribution in [1.29, 1.82) is 0 Å². The van der Waals surface area contributed by atoms with E-state index in [0.29, 0.717) is 11.1 Å². The van der Waals surface area contributed by atoms with E-state index in [1.807, 2.05) is 12.3 Å². The number of thiazole rings is 1. The zero-order chi connectivity index (χ0) is 14.0. The Bertz CT molecular complexity index is 590. The summed E-state index contributed by atoms with van der Waals surface area (Å²) in [4.78, 5) is 15.7. The number of hydrogen-bond donors (Lipinski definition) is 2. The SMILES string of the molecule is Cc1csc(CNC(=O)c2cc(C(F)(F)F)[nH]n2)n1. The highest BCUT2D eigenvalue weighted by molar-refractivity contribution is 7.09. The Labute approximate surface area is 109 Å². The van der Waals surface area contributed by atoms with E-state index in [2.05, 4.69) is 15.4 Å². The third-order valence-electron chi connectivity index (χ3n) is 2.18. The minimum atomic E-state index is -4.54. The van der Waals surface area contributed by atoms with Crippen molar-refractivity contribution in [3.05, 3.63) is 33.5 Å². The maximum Gasteiger partial charge on any atom is 0.432 e. The van der Waals surface area contributed by atoms with Gasteiger partial charge in [-0.2, -0.15) is 18.3 Å². The summed E-state index contributed by atoms with van der Waals surface area (Å²) in [5.74, 6) is -0.681. The first-order valence-electron chi connectivity index (χ1n) is 5.18. The number of amides is 1. The van der Waals surface area contributed by atoms with Crippen LogP contribution in [0.3, 0.4) is 0 Å². The topological polar surface area (TPSA) is 70.7 Å². The highest BCUT2D eigenvalue weighted by Gasteiger charge is 2.33. The monoisotopic (exact) mass is 290 g/mol. The van der Waals surface area contributed by atoms with Crippen LogP contribution in [0.1, 0.15) is 26.9 Å². The molecule has 0 fully saturated rings. The third kappa shape index (κ3) is 3.31. The van der Waals surface area contributed by atoms with Crippen LogP contribution in [-0.2, 0) is 12.7 Å². The quantitative estimate of drug-likeness (QED) is 0.909. The molecule has 5 nitrogen and oxygen atoms in total. The number of rotatable bonds is 3. The van der Waals surface area contributed by atoms with Crippen LogP contribution < -0.4 is 5.32 Å². The lowest BCUT2D eigenvalue weighted by Crippen LogP contribution is -2.23. The summed E-state index contributed by atoms with van der Waals surface area (Å²) >= 11 is 1.36. The van der Waals surface area contributed by atoms with Crippen LogP contribution in [0.25, 0.3) is 0 Å². The zero-order valence-corrected chi connectivity index (χ0v) is 10.5. The molecule has 0 aromatic carbocycles. The smallest absolute Gasteiger partial charge is 0.344 e. The molecule has 0 aliphatic carbocycles. The van der Waals surface area contributed by atoms with Gasteiger partial charge in [0, 0.05) is 17.1 Å². The van der Waals surface area contributed by atoms with Gasteiger partial charge in [-0.05, 0) is 6.92 Å². The number of H-pyrrole nitrogens is 1. The van der Waals surface area contributed by atoms with E-state index >= 15 is 0 Å². The van der Waals surface area contributed by atoms with Gasteiger partial charge in [0.25, 0.3) is 5.91 Å². The molecular weight excluding hydrogens is 281 g/mol. The minimum Gasteiger partial charge on any atom is -0.344 e. The number of hydrogen-bond acceptors (Lipinski definition) is 4. The molecule has 0 saturated carbocycles. The number of halogens is 3. The second-order valence-electron chi connectivity index (χ2n) is 3.73. The average Bonchev–Trinajstić information content (AvgIpc) is 2.93. The lowest BCUT2D eigenvalue weighted by Gasteiger charge is -2.00. The number of alkyl halides is 3. The minimum absolute atomic E-state index is 0.158. The molecule has 0 radical (unpaired) electrons. The highest BCUT2D eigenvalue weighted by atomic mass is 32.1. The fourth-order valence-corrected chi connectivity index (χ4v) is 2.03. The van der Waals surface area contributed by atoms with E-state index < -0.39 is 17.8 Å². The molecule has 19 heavy (non-hydrogen) atoms. The summed E-state index contributed by atoms with van der Waals surface area (Å²) in [7, 11) is 0.